The summed E-state index contributed by atoms with van der Waals surface area (Å²) in [6.07, 6.45) is 4.93. The number of nitrogens with zero attached hydrogens (tertiary/aromatic N) is 3. The molecular weight excluding hydrogens is 434 g/mol. The summed E-state index contributed by atoms with van der Waals surface area (Å²) in [4.78, 5) is 12.4. The number of carbonyl (C=O) groups is 1. The summed E-state index contributed by atoms with van der Waals surface area (Å²) in [6, 6.07) is 15.3. The second-order valence-corrected chi connectivity index (χ2v) is 7.53. The highest BCUT2D eigenvalue weighted by molar-refractivity contribution is 5.89. The van der Waals surface area contributed by atoms with Crippen LogP contribution in [0.25, 0.3) is 23.0 Å². The van der Waals surface area contributed by atoms with Gasteiger partial charge in [-0.05, 0) is 50.3 Å². The molecule has 34 heavy (non-hydrogen) atoms. The van der Waals surface area contributed by atoms with E-state index >= 15 is 0 Å². The SMILES string of the molecule is COc1ccc(-c2nn(-c3ccccc3)cc2/C=C/C(=O)OCc2c(C)noc2C)cc1OC. The van der Waals surface area contributed by atoms with Crippen molar-refractivity contribution in [2.75, 3.05) is 14.2 Å². The first-order chi connectivity index (χ1) is 16.5. The van der Waals surface area contributed by atoms with Gasteiger partial charge in [-0.1, -0.05) is 23.4 Å². The molecule has 0 radical (unpaired) electrons. The van der Waals surface area contributed by atoms with E-state index in [0.717, 1.165) is 22.4 Å². The van der Waals surface area contributed by atoms with Crippen LogP contribution in [0.3, 0.4) is 0 Å². The highest BCUT2D eigenvalue weighted by atomic mass is 16.5. The van der Waals surface area contributed by atoms with Crippen molar-refractivity contribution in [2.45, 2.75) is 20.5 Å². The van der Waals surface area contributed by atoms with Crippen molar-refractivity contribution in [3.8, 4) is 28.4 Å². The summed E-state index contributed by atoms with van der Waals surface area (Å²) >= 11 is 0. The third-order valence-electron chi connectivity index (χ3n) is 5.36. The summed E-state index contributed by atoms with van der Waals surface area (Å²) in [6.45, 7) is 3.69. The van der Waals surface area contributed by atoms with E-state index in [9.17, 15) is 4.79 Å². The van der Waals surface area contributed by atoms with E-state index in [-0.39, 0.29) is 6.61 Å². The lowest BCUT2D eigenvalue weighted by molar-refractivity contribution is -0.138. The Balaban J connectivity index is 1.64. The van der Waals surface area contributed by atoms with Crippen LogP contribution < -0.4 is 9.47 Å². The molecule has 0 aliphatic heterocycles. The zero-order valence-electron chi connectivity index (χ0n) is 19.4. The Bertz CT molecular complexity index is 1300. The number of hydrogen-bond acceptors (Lipinski definition) is 7. The van der Waals surface area contributed by atoms with Crippen LogP contribution in [0.4, 0.5) is 0 Å². The topological polar surface area (TPSA) is 88.6 Å². The van der Waals surface area contributed by atoms with E-state index < -0.39 is 5.97 Å². The summed E-state index contributed by atoms with van der Waals surface area (Å²) in [7, 11) is 3.17. The number of esters is 1. The van der Waals surface area contributed by atoms with E-state index in [1.165, 1.54) is 6.08 Å². The van der Waals surface area contributed by atoms with Crippen LogP contribution in [0.2, 0.25) is 0 Å². The highest BCUT2D eigenvalue weighted by Crippen LogP contribution is 2.33. The maximum atomic E-state index is 12.4. The van der Waals surface area contributed by atoms with Gasteiger partial charge in [0.05, 0.1) is 31.2 Å². The minimum Gasteiger partial charge on any atom is -0.493 e. The average Bonchev–Trinajstić information content (AvgIpc) is 3.44. The van der Waals surface area contributed by atoms with Gasteiger partial charge in [-0.25, -0.2) is 9.48 Å². The minimum atomic E-state index is -0.481. The summed E-state index contributed by atoms with van der Waals surface area (Å²) in [5.74, 6) is 1.36. The molecule has 2 aromatic heterocycles. The first kappa shape index (κ1) is 22.8. The fourth-order valence-corrected chi connectivity index (χ4v) is 3.49. The van der Waals surface area contributed by atoms with Crippen molar-refractivity contribution < 1.29 is 23.5 Å². The van der Waals surface area contributed by atoms with Crippen LogP contribution in [0.5, 0.6) is 11.5 Å². The molecule has 0 amide bonds. The van der Waals surface area contributed by atoms with Crippen molar-refractivity contribution in [1.82, 2.24) is 14.9 Å². The van der Waals surface area contributed by atoms with Gasteiger partial charge in [0, 0.05) is 23.4 Å². The number of benzene rings is 2. The number of aromatic nitrogens is 3. The Labute approximate surface area is 197 Å². The number of ether oxygens (including phenoxy) is 3. The monoisotopic (exact) mass is 459 g/mol. The van der Waals surface area contributed by atoms with E-state index in [2.05, 4.69) is 5.16 Å². The first-order valence-electron chi connectivity index (χ1n) is 10.6. The second-order valence-electron chi connectivity index (χ2n) is 7.53. The normalized spacial score (nSPS) is 11.1. The van der Waals surface area contributed by atoms with Gasteiger partial charge >= 0.3 is 5.97 Å². The van der Waals surface area contributed by atoms with Gasteiger partial charge in [0.15, 0.2) is 11.5 Å². The van der Waals surface area contributed by atoms with Crippen molar-refractivity contribution in [2.24, 2.45) is 0 Å². The third kappa shape index (κ3) is 4.85. The summed E-state index contributed by atoms with van der Waals surface area (Å²) in [5, 5.41) is 8.64. The fourth-order valence-electron chi connectivity index (χ4n) is 3.49. The molecule has 2 heterocycles. The van der Waals surface area contributed by atoms with E-state index in [1.54, 1.807) is 31.9 Å². The molecule has 0 atom stereocenters. The molecule has 0 bridgehead atoms. The maximum absolute atomic E-state index is 12.4. The van der Waals surface area contributed by atoms with Crippen LogP contribution in [0.1, 0.15) is 22.6 Å². The predicted molar refractivity (Wildman–Crippen MR) is 127 cm³/mol. The minimum absolute atomic E-state index is 0.0934. The molecule has 0 spiro atoms. The van der Waals surface area contributed by atoms with Crippen LogP contribution in [0, 0.1) is 13.8 Å². The smallest absolute Gasteiger partial charge is 0.331 e. The standard InChI is InChI=1S/C26H25N3O5/c1-17-22(18(2)34-28-17)16-33-25(30)13-11-20-15-29(21-8-6-5-7-9-21)27-26(20)19-10-12-23(31-3)24(14-19)32-4/h5-15H,16H2,1-4H3/b13-11+. The second kappa shape index (κ2) is 10.1. The van der Waals surface area contributed by atoms with Gasteiger partial charge in [-0.3, -0.25) is 0 Å². The Morgan fingerprint density at radius 1 is 1.06 bits per heavy atom. The van der Waals surface area contributed by atoms with Crippen molar-refractivity contribution in [1.29, 1.82) is 0 Å². The fraction of sp³-hybridized carbons (Fsp3) is 0.192. The summed E-state index contributed by atoms with van der Waals surface area (Å²) < 4.78 is 23.1. The molecule has 0 aliphatic carbocycles. The Morgan fingerprint density at radius 3 is 2.50 bits per heavy atom. The van der Waals surface area contributed by atoms with Crippen molar-refractivity contribution in [3.63, 3.8) is 0 Å². The zero-order chi connectivity index (χ0) is 24.1. The number of hydrogen-bond donors (Lipinski definition) is 0. The van der Waals surface area contributed by atoms with E-state index in [0.29, 0.717) is 28.6 Å². The van der Waals surface area contributed by atoms with Gasteiger partial charge < -0.3 is 18.7 Å². The lowest BCUT2D eigenvalue weighted by Crippen LogP contribution is -2.02. The zero-order valence-corrected chi connectivity index (χ0v) is 19.4. The van der Waals surface area contributed by atoms with Crippen LogP contribution >= 0.6 is 0 Å². The average molecular weight is 460 g/mol. The quantitative estimate of drug-likeness (QED) is 0.273. The molecule has 4 aromatic rings. The highest BCUT2D eigenvalue weighted by Gasteiger charge is 2.15. The molecule has 8 heteroatoms. The molecule has 174 valence electrons. The third-order valence-corrected chi connectivity index (χ3v) is 5.36. The Hall–Kier alpha value is -4.33. The van der Waals surface area contributed by atoms with Gasteiger partial charge in [0.2, 0.25) is 0 Å². The van der Waals surface area contributed by atoms with Crippen molar-refractivity contribution in [3.05, 3.63) is 83.4 Å². The lowest BCUT2D eigenvalue weighted by atomic mass is 10.1. The number of rotatable bonds is 8. The maximum Gasteiger partial charge on any atom is 0.331 e. The number of aryl methyl sites for hydroxylation is 2. The van der Waals surface area contributed by atoms with Crippen LogP contribution in [-0.2, 0) is 16.1 Å². The summed E-state index contributed by atoms with van der Waals surface area (Å²) in [5.41, 5.74) is 4.60. The van der Waals surface area contributed by atoms with Gasteiger partial charge in [0.1, 0.15) is 18.1 Å². The molecule has 4 rings (SSSR count). The molecule has 0 aliphatic rings. The van der Waals surface area contributed by atoms with E-state index in [4.69, 9.17) is 23.8 Å². The Morgan fingerprint density at radius 2 is 1.82 bits per heavy atom. The molecular formula is C26H25N3O5. The molecule has 8 nitrogen and oxygen atoms in total. The molecule has 0 saturated heterocycles. The van der Waals surface area contributed by atoms with Gasteiger partial charge in [-0.2, -0.15) is 5.10 Å². The van der Waals surface area contributed by atoms with Crippen LogP contribution in [-0.4, -0.2) is 35.1 Å². The largest absolute Gasteiger partial charge is 0.493 e. The first-order valence-corrected chi connectivity index (χ1v) is 10.6. The predicted octanol–water partition coefficient (Wildman–Crippen LogP) is 4.92. The van der Waals surface area contributed by atoms with Crippen LogP contribution in [0.15, 0.2) is 65.3 Å². The number of methoxy groups -OCH3 is 2. The van der Waals surface area contributed by atoms with Gasteiger partial charge in [0.25, 0.3) is 0 Å². The Kier molecular flexibility index (Phi) is 6.77. The molecule has 0 unspecified atom stereocenters. The molecule has 0 N–H and O–H groups in total. The van der Waals surface area contributed by atoms with Gasteiger partial charge in [-0.15, -0.1) is 0 Å². The number of para-hydroxylation sites is 1. The van der Waals surface area contributed by atoms with E-state index in [1.807, 2.05) is 61.7 Å². The van der Waals surface area contributed by atoms with Crippen molar-refractivity contribution >= 4 is 12.0 Å². The lowest BCUT2D eigenvalue weighted by Gasteiger charge is -2.09. The molecule has 2 aromatic carbocycles. The molecule has 0 saturated carbocycles. The number of carbonyl (C=O) groups excluding carboxylic acids is 1. The molecule has 0 fully saturated rings.